The van der Waals surface area contributed by atoms with E-state index in [1.807, 2.05) is 18.2 Å². The fraction of sp³-hybridized carbons (Fsp3) is 0.278. The van der Waals surface area contributed by atoms with Crippen molar-refractivity contribution in [2.24, 2.45) is 5.92 Å². The highest BCUT2D eigenvalue weighted by Gasteiger charge is 2.32. The summed E-state index contributed by atoms with van der Waals surface area (Å²) in [5.74, 6) is -0.787. The third-order valence-electron chi connectivity index (χ3n) is 4.05. The number of benzene rings is 1. The predicted octanol–water partition coefficient (Wildman–Crippen LogP) is 2.53. The van der Waals surface area contributed by atoms with Gasteiger partial charge in [-0.3, -0.25) is 4.79 Å². The van der Waals surface area contributed by atoms with Crippen LogP contribution in [-0.2, 0) is 6.42 Å². The number of carboxylic acid groups (broad SMARTS) is 1. The van der Waals surface area contributed by atoms with Crippen LogP contribution >= 0.6 is 0 Å². The molecule has 0 aliphatic heterocycles. The summed E-state index contributed by atoms with van der Waals surface area (Å²) in [5, 5.41) is 11.9. The molecule has 0 saturated heterocycles. The van der Waals surface area contributed by atoms with E-state index < -0.39 is 5.97 Å². The molecule has 1 amide bonds. The molecule has 5 heteroatoms. The number of nitrogens with one attached hydrogen (secondary N) is 1. The molecule has 1 aromatic carbocycles. The van der Waals surface area contributed by atoms with Crippen molar-refractivity contribution < 1.29 is 14.7 Å². The van der Waals surface area contributed by atoms with E-state index in [1.54, 1.807) is 0 Å². The molecule has 1 saturated carbocycles. The van der Waals surface area contributed by atoms with Gasteiger partial charge >= 0.3 is 5.97 Å². The molecule has 1 fully saturated rings. The normalized spacial score (nSPS) is 15.0. The zero-order valence-corrected chi connectivity index (χ0v) is 12.6. The number of carboxylic acids is 1. The first kappa shape index (κ1) is 15.2. The second kappa shape index (κ2) is 6.60. The Bertz CT molecular complexity index is 694. The molecule has 1 unspecified atom stereocenters. The van der Waals surface area contributed by atoms with Gasteiger partial charge in [0.1, 0.15) is 5.69 Å². The van der Waals surface area contributed by atoms with Gasteiger partial charge in [-0.05, 0) is 42.9 Å². The van der Waals surface area contributed by atoms with Crippen LogP contribution in [0.2, 0.25) is 0 Å². The highest BCUT2D eigenvalue weighted by molar-refractivity contribution is 5.95. The molecule has 0 radical (unpaired) electrons. The van der Waals surface area contributed by atoms with Crippen LogP contribution in [0.5, 0.6) is 0 Å². The minimum Gasteiger partial charge on any atom is -0.477 e. The lowest BCUT2D eigenvalue weighted by molar-refractivity contribution is 0.0689. The van der Waals surface area contributed by atoms with Crippen molar-refractivity contribution in [1.29, 1.82) is 0 Å². The summed E-state index contributed by atoms with van der Waals surface area (Å²) in [6.45, 7) is 0. The van der Waals surface area contributed by atoms with Crippen molar-refractivity contribution in [2.75, 3.05) is 0 Å². The number of nitrogens with zero attached hydrogens (tertiary/aromatic N) is 1. The van der Waals surface area contributed by atoms with Crippen LogP contribution in [0.4, 0.5) is 0 Å². The summed E-state index contributed by atoms with van der Waals surface area (Å²) in [6.07, 6.45) is 4.38. The van der Waals surface area contributed by atoms with Gasteiger partial charge in [0.15, 0.2) is 0 Å². The Morgan fingerprint density at radius 3 is 2.48 bits per heavy atom. The molecular weight excluding hydrogens is 292 g/mol. The maximum atomic E-state index is 12.4. The monoisotopic (exact) mass is 310 g/mol. The molecule has 1 atom stereocenters. The van der Waals surface area contributed by atoms with Gasteiger partial charge in [0.2, 0.25) is 0 Å². The van der Waals surface area contributed by atoms with Gasteiger partial charge in [0.05, 0.1) is 5.56 Å². The Kier molecular flexibility index (Phi) is 4.37. The van der Waals surface area contributed by atoms with E-state index in [4.69, 9.17) is 5.11 Å². The Morgan fingerprint density at radius 1 is 1.17 bits per heavy atom. The maximum absolute atomic E-state index is 12.4. The molecule has 1 heterocycles. The van der Waals surface area contributed by atoms with Gasteiger partial charge in [0.25, 0.3) is 5.91 Å². The molecule has 1 aromatic heterocycles. The molecular formula is C18H18N2O3. The van der Waals surface area contributed by atoms with Crippen LogP contribution in [0.15, 0.2) is 48.7 Å². The second-order valence-electron chi connectivity index (χ2n) is 5.84. The first-order valence-electron chi connectivity index (χ1n) is 7.67. The summed E-state index contributed by atoms with van der Waals surface area (Å²) in [7, 11) is 0. The topological polar surface area (TPSA) is 79.3 Å². The standard InChI is InChI=1S/C18H18N2O3/c21-17(14-8-9-15(18(22)23)19-11-14)20-16(13-6-7-13)10-12-4-2-1-3-5-12/h1-5,8-9,11,13,16H,6-7,10H2,(H,20,21)(H,22,23). The van der Waals surface area contributed by atoms with Gasteiger partial charge in [0, 0.05) is 12.2 Å². The maximum Gasteiger partial charge on any atom is 0.354 e. The van der Waals surface area contributed by atoms with Crippen molar-refractivity contribution in [3.63, 3.8) is 0 Å². The fourth-order valence-corrected chi connectivity index (χ4v) is 2.61. The molecule has 0 bridgehead atoms. The number of aromatic carboxylic acids is 1. The largest absolute Gasteiger partial charge is 0.477 e. The number of carbonyl (C=O) groups is 2. The number of hydrogen-bond donors (Lipinski definition) is 2. The highest BCUT2D eigenvalue weighted by atomic mass is 16.4. The number of amides is 1. The van der Waals surface area contributed by atoms with Crippen LogP contribution in [0, 0.1) is 5.92 Å². The van der Waals surface area contributed by atoms with Gasteiger partial charge in [-0.25, -0.2) is 9.78 Å². The molecule has 1 aliphatic carbocycles. The van der Waals surface area contributed by atoms with E-state index in [0.717, 1.165) is 19.3 Å². The second-order valence-corrected chi connectivity index (χ2v) is 5.84. The fourth-order valence-electron chi connectivity index (χ4n) is 2.61. The Balaban J connectivity index is 1.67. The molecule has 0 spiro atoms. The van der Waals surface area contributed by atoms with E-state index in [1.165, 1.54) is 23.9 Å². The van der Waals surface area contributed by atoms with Crippen LogP contribution in [0.1, 0.15) is 39.3 Å². The van der Waals surface area contributed by atoms with Crippen LogP contribution in [-0.4, -0.2) is 28.0 Å². The zero-order chi connectivity index (χ0) is 16.2. The quantitative estimate of drug-likeness (QED) is 0.859. The van der Waals surface area contributed by atoms with Gasteiger partial charge in [-0.15, -0.1) is 0 Å². The van der Waals surface area contributed by atoms with Gasteiger partial charge in [-0.2, -0.15) is 0 Å². The van der Waals surface area contributed by atoms with Crippen LogP contribution < -0.4 is 5.32 Å². The molecule has 3 rings (SSSR count). The highest BCUT2D eigenvalue weighted by Crippen LogP contribution is 2.34. The molecule has 2 N–H and O–H groups in total. The average molecular weight is 310 g/mol. The Hall–Kier alpha value is -2.69. The van der Waals surface area contributed by atoms with Gasteiger partial charge < -0.3 is 10.4 Å². The summed E-state index contributed by atoms with van der Waals surface area (Å²) >= 11 is 0. The van der Waals surface area contributed by atoms with E-state index >= 15 is 0 Å². The zero-order valence-electron chi connectivity index (χ0n) is 12.6. The van der Waals surface area contributed by atoms with E-state index in [2.05, 4.69) is 22.4 Å². The number of aromatic nitrogens is 1. The summed E-state index contributed by atoms with van der Waals surface area (Å²) in [5.41, 5.74) is 1.52. The number of rotatable bonds is 6. The average Bonchev–Trinajstić information content (AvgIpc) is 3.40. The minimum absolute atomic E-state index is 0.0652. The van der Waals surface area contributed by atoms with E-state index in [-0.39, 0.29) is 17.6 Å². The number of hydrogen-bond acceptors (Lipinski definition) is 3. The van der Waals surface area contributed by atoms with Crippen molar-refractivity contribution in [1.82, 2.24) is 10.3 Å². The third-order valence-corrected chi connectivity index (χ3v) is 4.05. The minimum atomic E-state index is -1.10. The first-order valence-corrected chi connectivity index (χ1v) is 7.67. The summed E-state index contributed by atoms with van der Waals surface area (Å²) in [6, 6.07) is 13.0. The SMILES string of the molecule is O=C(NC(Cc1ccccc1)C1CC1)c1ccc(C(=O)O)nc1. The van der Waals surface area contributed by atoms with E-state index in [9.17, 15) is 9.59 Å². The van der Waals surface area contributed by atoms with Crippen molar-refractivity contribution in [3.05, 3.63) is 65.5 Å². The number of carbonyl (C=O) groups excluding carboxylic acids is 1. The first-order chi connectivity index (χ1) is 11.1. The van der Waals surface area contributed by atoms with Crippen molar-refractivity contribution in [2.45, 2.75) is 25.3 Å². The number of pyridine rings is 1. The van der Waals surface area contributed by atoms with Crippen LogP contribution in [0.3, 0.4) is 0 Å². The molecule has 118 valence electrons. The summed E-state index contributed by atoms with van der Waals surface area (Å²) in [4.78, 5) is 26.9. The van der Waals surface area contributed by atoms with Crippen molar-refractivity contribution >= 4 is 11.9 Å². The lowest BCUT2D eigenvalue weighted by Crippen LogP contribution is -2.38. The lowest BCUT2D eigenvalue weighted by Gasteiger charge is -2.18. The molecule has 5 nitrogen and oxygen atoms in total. The molecule has 1 aliphatic rings. The van der Waals surface area contributed by atoms with Gasteiger partial charge in [-0.1, -0.05) is 30.3 Å². The van der Waals surface area contributed by atoms with E-state index in [0.29, 0.717) is 11.5 Å². The third kappa shape index (κ3) is 3.94. The molecule has 2 aromatic rings. The summed E-state index contributed by atoms with van der Waals surface area (Å²) < 4.78 is 0. The Labute approximate surface area is 134 Å². The predicted molar refractivity (Wildman–Crippen MR) is 85.3 cm³/mol. The lowest BCUT2D eigenvalue weighted by atomic mass is 10.0. The van der Waals surface area contributed by atoms with Crippen molar-refractivity contribution in [3.8, 4) is 0 Å². The smallest absolute Gasteiger partial charge is 0.354 e. The van der Waals surface area contributed by atoms with Crippen LogP contribution in [0.25, 0.3) is 0 Å². The molecule has 23 heavy (non-hydrogen) atoms. The Morgan fingerprint density at radius 2 is 1.91 bits per heavy atom.